The molecule has 0 aliphatic heterocycles. The van der Waals surface area contributed by atoms with E-state index in [1.54, 1.807) is 25.1 Å². The molecule has 0 saturated heterocycles. The quantitative estimate of drug-likeness (QED) is 0.821. The summed E-state index contributed by atoms with van der Waals surface area (Å²) in [7, 11) is 1.67. The molecule has 4 nitrogen and oxygen atoms in total. The van der Waals surface area contributed by atoms with Crippen LogP contribution < -0.4 is 10.5 Å². The first-order chi connectivity index (χ1) is 8.19. The Balaban J connectivity index is 2.73. The van der Waals surface area contributed by atoms with E-state index in [1.807, 2.05) is 19.2 Å². The van der Waals surface area contributed by atoms with Gasteiger partial charge in [0.05, 0.1) is 13.3 Å². The molecule has 2 rings (SSSR count). The number of anilines is 1. The zero-order valence-electron chi connectivity index (χ0n) is 10.1. The van der Waals surface area contributed by atoms with Crippen LogP contribution in [-0.4, -0.2) is 23.6 Å². The fourth-order valence-corrected chi connectivity index (χ4v) is 2.46. The van der Waals surface area contributed by atoms with Crippen LogP contribution in [0.2, 0.25) is 0 Å². The maximum atomic E-state index is 5.89. The van der Waals surface area contributed by atoms with Crippen molar-refractivity contribution in [2.45, 2.75) is 11.8 Å². The molecule has 1 heterocycles. The Morgan fingerprint density at radius 1 is 1.41 bits per heavy atom. The highest BCUT2D eigenvalue weighted by molar-refractivity contribution is 7.98. The molecular weight excluding hydrogens is 234 g/mol. The van der Waals surface area contributed by atoms with Crippen LogP contribution in [0.5, 0.6) is 5.75 Å². The Morgan fingerprint density at radius 2 is 2.18 bits per heavy atom. The lowest BCUT2D eigenvalue weighted by Gasteiger charge is -2.14. The lowest BCUT2D eigenvalue weighted by atomic mass is 10.0. The third-order valence-electron chi connectivity index (χ3n) is 2.68. The molecule has 0 fully saturated rings. The summed E-state index contributed by atoms with van der Waals surface area (Å²) < 4.78 is 5.49. The number of aromatic nitrogens is 2. The molecule has 17 heavy (non-hydrogen) atoms. The van der Waals surface area contributed by atoms with Crippen LogP contribution in [0, 0.1) is 6.92 Å². The number of nitrogens with one attached hydrogen (secondary N) is 1. The van der Waals surface area contributed by atoms with Crippen molar-refractivity contribution in [1.29, 1.82) is 0 Å². The highest BCUT2D eigenvalue weighted by Crippen LogP contribution is 2.41. The number of hydrogen-bond donors (Lipinski definition) is 2. The van der Waals surface area contributed by atoms with Crippen LogP contribution in [-0.2, 0) is 0 Å². The number of nitrogen functional groups attached to an aromatic ring is 1. The van der Waals surface area contributed by atoms with E-state index < -0.39 is 0 Å². The van der Waals surface area contributed by atoms with E-state index in [4.69, 9.17) is 10.5 Å². The molecule has 1 aromatic heterocycles. The zero-order valence-corrected chi connectivity index (χ0v) is 10.9. The van der Waals surface area contributed by atoms with Crippen LogP contribution in [0.25, 0.3) is 11.1 Å². The average molecular weight is 249 g/mol. The maximum Gasteiger partial charge on any atom is 0.130 e. The Kier molecular flexibility index (Phi) is 3.28. The van der Waals surface area contributed by atoms with Gasteiger partial charge < -0.3 is 10.5 Å². The van der Waals surface area contributed by atoms with Gasteiger partial charge in [-0.05, 0) is 24.8 Å². The summed E-state index contributed by atoms with van der Waals surface area (Å²) in [4.78, 5) is 1.13. The summed E-state index contributed by atoms with van der Waals surface area (Å²) >= 11 is 1.66. The predicted molar refractivity (Wildman–Crippen MR) is 71.5 cm³/mol. The first-order valence-corrected chi connectivity index (χ1v) is 6.42. The SMILES string of the molecule is COc1c(C)ccc(SC)c1-c1cn[nH]c1N. The van der Waals surface area contributed by atoms with E-state index in [0.717, 1.165) is 27.3 Å². The number of hydrogen-bond acceptors (Lipinski definition) is 4. The van der Waals surface area contributed by atoms with Crippen LogP contribution >= 0.6 is 11.8 Å². The molecule has 0 amide bonds. The van der Waals surface area contributed by atoms with E-state index in [1.165, 1.54) is 0 Å². The number of aromatic amines is 1. The van der Waals surface area contributed by atoms with E-state index >= 15 is 0 Å². The average Bonchev–Trinajstić information content (AvgIpc) is 2.74. The first kappa shape index (κ1) is 11.9. The van der Waals surface area contributed by atoms with Gasteiger partial charge in [-0.2, -0.15) is 5.10 Å². The molecule has 3 N–H and O–H groups in total. The van der Waals surface area contributed by atoms with Crippen molar-refractivity contribution < 1.29 is 4.74 Å². The Bertz CT molecular complexity index is 537. The number of ether oxygens (including phenoxy) is 1. The van der Waals surface area contributed by atoms with E-state index in [-0.39, 0.29) is 0 Å². The Hall–Kier alpha value is -1.62. The first-order valence-electron chi connectivity index (χ1n) is 5.19. The molecule has 0 radical (unpaired) electrons. The number of methoxy groups -OCH3 is 1. The number of thioether (sulfide) groups is 1. The molecule has 0 bridgehead atoms. The van der Waals surface area contributed by atoms with Gasteiger partial charge in [-0.25, -0.2) is 0 Å². The summed E-state index contributed by atoms with van der Waals surface area (Å²) in [6.45, 7) is 2.02. The third kappa shape index (κ3) is 1.98. The summed E-state index contributed by atoms with van der Waals surface area (Å²) in [5, 5.41) is 6.72. The van der Waals surface area contributed by atoms with Crippen LogP contribution in [0.1, 0.15) is 5.56 Å². The standard InChI is InChI=1S/C12H15N3OS/c1-7-4-5-9(17-3)10(11(7)16-2)8-6-14-15-12(8)13/h4-6H,1-3H3,(H3,13,14,15). The molecule has 0 atom stereocenters. The van der Waals surface area contributed by atoms with Crippen LogP contribution in [0.4, 0.5) is 5.82 Å². The van der Waals surface area contributed by atoms with Crippen LogP contribution in [0.3, 0.4) is 0 Å². The molecule has 90 valence electrons. The summed E-state index contributed by atoms with van der Waals surface area (Å²) in [5.41, 5.74) is 8.86. The molecule has 0 saturated carbocycles. The van der Waals surface area contributed by atoms with Crippen molar-refractivity contribution in [3.8, 4) is 16.9 Å². The van der Waals surface area contributed by atoms with E-state index in [2.05, 4.69) is 16.3 Å². The van der Waals surface area contributed by atoms with Gasteiger partial charge >= 0.3 is 0 Å². The van der Waals surface area contributed by atoms with Gasteiger partial charge in [0.15, 0.2) is 0 Å². The van der Waals surface area contributed by atoms with Crippen molar-refractivity contribution in [1.82, 2.24) is 10.2 Å². The molecule has 0 spiro atoms. The van der Waals surface area contributed by atoms with E-state index in [0.29, 0.717) is 5.82 Å². The second-order valence-corrected chi connectivity index (χ2v) is 4.54. The van der Waals surface area contributed by atoms with Crippen molar-refractivity contribution in [3.63, 3.8) is 0 Å². The molecular formula is C12H15N3OS. The minimum absolute atomic E-state index is 0.559. The lowest BCUT2D eigenvalue weighted by Crippen LogP contribution is -1.95. The second kappa shape index (κ2) is 4.71. The minimum atomic E-state index is 0.559. The minimum Gasteiger partial charge on any atom is -0.496 e. The molecule has 2 aromatic rings. The number of H-pyrrole nitrogens is 1. The zero-order chi connectivity index (χ0) is 12.4. The number of aryl methyl sites for hydroxylation is 1. The monoisotopic (exact) mass is 249 g/mol. The smallest absolute Gasteiger partial charge is 0.130 e. The lowest BCUT2D eigenvalue weighted by molar-refractivity contribution is 0.412. The fraction of sp³-hybridized carbons (Fsp3) is 0.250. The molecule has 1 aromatic carbocycles. The maximum absolute atomic E-state index is 5.89. The second-order valence-electron chi connectivity index (χ2n) is 3.69. The van der Waals surface area contributed by atoms with Gasteiger partial charge in [-0.3, -0.25) is 5.10 Å². The van der Waals surface area contributed by atoms with E-state index in [9.17, 15) is 0 Å². The third-order valence-corrected chi connectivity index (χ3v) is 3.46. The summed E-state index contributed by atoms with van der Waals surface area (Å²) in [6, 6.07) is 4.12. The summed E-state index contributed by atoms with van der Waals surface area (Å²) in [5.74, 6) is 1.41. The number of nitrogens with zero attached hydrogens (tertiary/aromatic N) is 1. The van der Waals surface area contributed by atoms with Crippen molar-refractivity contribution in [2.75, 3.05) is 19.1 Å². The highest BCUT2D eigenvalue weighted by Gasteiger charge is 2.17. The van der Waals surface area contributed by atoms with Crippen molar-refractivity contribution in [2.24, 2.45) is 0 Å². The number of nitrogens with two attached hydrogens (primary N) is 1. The predicted octanol–water partition coefficient (Wildman–Crippen LogP) is 2.70. The van der Waals surface area contributed by atoms with Crippen molar-refractivity contribution in [3.05, 3.63) is 23.9 Å². The molecule has 0 aliphatic carbocycles. The van der Waals surface area contributed by atoms with Gasteiger partial charge in [0, 0.05) is 16.0 Å². The number of benzene rings is 1. The van der Waals surface area contributed by atoms with Crippen molar-refractivity contribution >= 4 is 17.6 Å². The van der Waals surface area contributed by atoms with Gasteiger partial charge in [0.2, 0.25) is 0 Å². The Morgan fingerprint density at radius 3 is 2.71 bits per heavy atom. The molecule has 5 heteroatoms. The molecule has 0 aliphatic rings. The van der Waals surface area contributed by atoms with Gasteiger partial charge in [-0.15, -0.1) is 11.8 Å². The normalized spacial score (nSPS) is 10.5. The van der Waals surface area contributed by atoms with Crippen LogP contribution in [0.15, 0.2) is 23.2 Å². The summed E-state index contributed by atoms with van der Waals surface area (Å²) in [6.07, 6.45) is 3.76. The topological polar surface area (TPSA) is 63.9 Å². The van der Waals surface area contributed by atoms with Gasteiger partial charge in [0.1, 0.15) is 11.6 Å². The van der Waals surface area contributed by atoms with Gasteiger partial charge in [0.25, 0.3) is 0 Å². The van der Waals surface area contributed by atoms with Gasteiger partial charge in [-0.1, -0.05) is 6.07 Å². The molecule has 0 unspecified atom stereocenters. The Labute approximate surface area is 105 Å². The fourth-order valence-electron chi connectivity index (χ4n) is 1.85. The highest BCUT2D eigenvalue weighted by atomic mass is 32.2. The largest absolute Gasteiger partial charge is 0.496 e. The number of rotatable bonds is 3.